The molecule has 5 rings (SSSR count). The Bertz CT molecular complexity index is 1130. The van der Waals surface area contributed by atoms with Crippen molar-refractivity contribution in [3.05, 3.63) is 64.5 Å². The van der Waals surface area contributed by atoms with Gasteiger partial charge in [-0.25, -0.2) is 4.98 Å². The molecule has 0 amide bonds. The molecule has 3 aromatic rings. The summed E-state index contributed by atoms with van der Waals surface area (Å²) >= 11 is 1.29. The summed E-state index contributed by atoms with van der Waals surface area (Å²) in [6.07, 6.45) is 2.38. The number of anilines is 4. The Balaban J connectivity index is 1.20. The fraction of sp³-hybridized carbons (Fsp3) is 0.385. The largest absolute Gasteiger partial charge is 0.382 e. The average Bonchev–Trinajstić information content (AvgIpc) is 3.24. The number of carbonyl (C=O) groups excluding carboxylic acids is 1. The number of ketones is 1. The molecule has 2 fully saturated rings. The van der Waals surface area contributed by atoms with Crippen molar-refractivity contribution in [1.82, 2.24) is 9.88 Å². The number of morpholine rings is 1. The molecule has 0 unspecified atom stereocenters. The standard InChI is InChI=1S/C26H31N5O2S/c1-18-3-2-4-19(17-18)23(32)24-25(27)29-26(34-24)28-20-5-7-21(8-6-20)30-11-9-22(10-12-30)31-13-15-33-16-14-31/h2-8,17,22H,9-16,27H2,1H3,(H,28,29). The van der Waals surface area contributed by atoms with Gasteiger partial charge in [-0.1, -0.05) is 35.1 Å². The predicted octanol–water partition coefficient (Wildman–Crippen LogP) is 4.31. The van der Waals surface area contributed by atoms with Crippen LogP contribution in [0.2, 0.25) is 0 Å². The lowest BCUT2D eigenvalue weighted by Crippen LogP contribution is -2.49. The van der Waals surface area contributed by atoms with E-state index in [9.17, 15) is 4.79 Å². The fourth-order valence-corrected chi connectivity index (χ4v) is 5.64. The van der Waals surface area contributed by atoms with Gasteiger partial charge >= 0.3 is 0 Å². The first kappa shape index (κ1) is 22.8. The van der Waals surface area contributed by atoms with Gasteiger partial charge in [0.1, 0.15) is 10.7 Å². The number of nitrogens with two attached hydrogens (primary N) is 1. The lowest BCUT2D eigenvalue weighted by molar-refractivity contribution is 0.0115. The third-order valence-corrected chi connectivity index (χ3v) is 7.64. The molecular weight excluding hydrogens is 446 g/mol. The highest BCUT2D eigenvalue weighted by Gasteiger charge is 2.26. The normalized spacial score (nSPS) is 17.6. The number of thiazole rings is 1. The molecule has 0 bridgehead atoms. The Labute approximate surface area is 204 Å². The van der Waals surface area contributed by atoms with E-state index in [1.54, 1.807) is 0 Å². The van der Waals surface area contributed by atoms with Crippen LogP contribution in [0, 0.1) is 6.92 Å². The van der Waals surface area contributed by atoms with E-state index in [0.29, 0.717) is 21.6 Å². The van der Waals surface area contributed by atoms with E-state index in [1.807, 2.05) is 31.2 Å². The van der Waals surface area contributed by atoms with Crippen molar-refractivity contribution < 1.29 is 9.53 Å². The summed E-state index contributed by atoms with van der Waals surface area (Å²) in [4.78, 5) is 22.8. The molecule has 3 N–H and O–H groups in total. The summed E-state index contributed by atoms with van der Waals surface area (Å²) in [5, 5.41) is 3.92. The lowest BCUT2D eigenvalue weighted by Gasteiger charge is -2.40. The maximum Gasteiger partial charge on any atom is 0.206 e. The van der Waals surface area contributed by atoms with E-state index in [2.05, 4.69) is 44.4 Å². The number of rotatable bonds is 6. The zero-order valence-corrected chi connectivity index (χ0v) is 20.3. The Morgan fingerprint density at radius 2 is 1.82 bits per heavy atom. The molecule has 0 spiro atoms. The zero-order chi connectivity index (χ0) is 23.5. The second-order valence-corrected chi connectivity index (χ2v) is 9.97. The molecule has 8 heteroatoms. The Morgan fingerprint density at radius 3 is 2.53 bits per heavy atom. The number of nitrogens with zero attached hydrogens (tertiary/aromatic N) is 3. The SMILES string of the molecule is Cc1cccc(C(=O)c2sc(Nc3ccc(N4CCC(N5CCOCC5)CC4)cc3)nc2N)c1. The first-order valence-electron chi connectivity index (χ1n) is 11.9. The van der Waals surface area contributed by atoms with Crippen LogP contribution in [0.4, 0.5) is 22.3 Å². The van der Waals surface area contributed by atoms with Gasteiger partial charge in [0.15, 0.2) is 5.13 Å². The number of carbonyl (C=O) groups is 1. The van der Waals surface area contributed by atoms with Crippen molar-refractivity contribution in [3.8, 4) is 0 Å². The van der Waals surface area contributed by atoms with Crippen molar-refractivity contribution >= 4 is 39.4 Å². The van der Waals surface area contributed by atoms with E-state index in [4.69, 9.17) is 10.5 Å². The Kier molecular flexibility index (Phi) is 6.80. The van der Waals surface area contributed by atoms with E-state index >= 15 is 0 Å². The van der Waals surface area contributed by atoms with Crippen LogP contribution in [0.5, 0.6) is 0 Å². The van der Waals surface area contributed by atoms with Gasteiger partial charge in [0.05, 0.1) is 13.2 Å². The minimum Gasteiger partial charge on any atom is -0.382 e. The molecule has 34 heavy (non-hydrogen) atoms. The maximum atomic E-state index is 12.9. The number of benzene rings is 2. The topological polar surface area (TPSA) is 83.7 Å². The van der Waals surface area contributed by atoms with E-state index < -0.39 is 0 Å². The molecule has 1 aromatic heterocycles. The van der Waals surface area contributed by atoms with E-state index in [1.165, 1.54) is 29.9 Å². The molecule has 2 aliphatic heterocycles. The van der Waals surface area contributed by atoms with Crippen molar-refractivity contribution in [3.63, 3.8) is 0 Å². The van der Waals surface area contributed by atoms with Gasteiger partial charge in [-0.2, -0.15) is 0 Å². The molecule has 0 atom stereocenters. The van der Waals surface area contributed by atoms with Gasteiger partial charge in [0, 0.05) is 49.2 Å². The molecule has 0 aliphatic carbocycles. The van der Waals surface area contributed by atoms with Gasteiger partial charge in [-0.05, 0) is 50.1 Å². The van der Waals surface area contributed by atoms with Crippen molar-refractivity contribution in [2.24, 2.45) is 0 Å². The van der Waals surface area contributed by atoms with Gasteiger partial charge in [-0.3, -0.25) is 9.69 Å². The van der Waals surface area contributed by atoms with Crippen molar-refractivity contribution in [2.75, 3.05) is 55.3 Å². The molecule has 2 saturated heterocycles. The number of aryl methyl sites for hydroxylation is 1. The number of nitrogens with one attached hydrogen (secondary N) is 1. The van der Waals surface area contributed by atoms with Crippen LogP contribution in [-0.2, 0) is 4.74 Å². The number of piperidine rings is 1. The number of nitrogen functional groups attached to an aromatic ring is 1. The summed E-state index contributed by atoms with van der Waals surface area (Å²) in [7, 11) is 0. The predicted molar refractivity (Wildman–Crippen MR) is 138 cm³/mol. The number of aromatic nitrogens is 1. The summed E-state index contributed by atoms with van der Waals surface area (Å²) in [6, 6.07) is 16.6. The van der Waals surface area contributed by atoms with Crippen molar-refractivity contribution in [2.45, 2.75) is 25.8 Å². The van der Waals surface area contributed by atoms with Crippen LogP contribution in [0.1, 0.15) is 33.6 Å². The molecule has 0 radical (unpaired) electrons. The second-order valence-electron chi connectivity index (χ2n) is 8.97. The minimum atomic E-state index is -0.0948. The highest BCUT2D eigenvalue weighted by molar-refractivity contribution is 7.18. The third kappa shape index (κ3) is 5.09. The Hall–Kier alpha value is -2.94. The van der Waals surface area contributed by atoms with Crippen LogP contribution in [0.15, 0.2) is 48.5 Å². The number of hydrogen-bond acceptors (Lipinski definition) is 8. The summed E-state index contributed by atoms with van der Waals surface area (Å²) in [5.74, 6) is 0.168. The zero-order valence-electron chi connectivity index (χ0n) is 19.5. The van der Waals surface area contributed by atoms with Crippen LogP contribution in [0.3, 0.4) is 0 Å². The summed E-state index contributed by atoms with van der Waals surface area (Å²) in [5.41, 5.74) is 9.91. The maximum absolute atomic E-state index is 12.9. The first-order valence-corrected chi connectivity index (χ1v) is 12.7. The van der Waals surface area contributed by atoms with Gasteiger partial charge in [0.25, 0.3) is 0 Å². The van der Waals surface area contributed by atoms with Crippen LogP contribution in [-0.4, -0.2) is 61.1 Å². The van der Waals surface area contributed by atoms with Crippen LogP contribution in [0.25, 0.3) is 0 Å². The summed E-state index contributed by atoms with van der Waals surface area (Å²) in [6.45, 7) is 7.96. The molecule has 0 saturated carbocycles. The van der Waals surface area contributed by atoms with E-state index in [0.717, 1.165) is 50.6 Å². The molecule has 178 valence electrons. The molecule has 3 heterocycles. The first-order chi connectivity index (χ1) is 16.6. The van der Waals surface area contributed by atoms with E-state index in [-0.39, 0.29) is 11.6 Å². The quantitative estimate of drug-likeness (QED) is 0.512. The minimum absolute atomic E-state index is 0.0948. The molecular formula is C26H31N5O2S. The molecule has 2 aromatic carbocycles. The molecule has 2 aliphatic rings. The number of hydrogen-bond donors (Lipinski definition) is 2. The smallest absolute Gasteiger partial charge is 0.206 e. The third-order valence-electron chi connectivity index (χ3n) is 6.65. The van der Waals surface area contributed by atoms with Crippen LogP contribution >= 0.6 is 11.3 Å². The number of ether oxygens (including phenoxy) is 1. The van der Waals surface area contributed by atoms with Gasteiger partial charge < -0.3 is 20.7 Å². The fourth-order valence-electron chi connectivity index (χ4n) is 4.78. The lowest BCUT2D eigenvalue weighted by atomic mass is 10.0. The highest BCUT2D eigenvalue weighted by Crippen LogP contribution is 2.31. The molecule has 7 nitrogen and oxygen atoms in total. The highest BCUT2D eigenvalue weighted by atomic mass is 32.1. The van der Waals surface area contributed by atoms with Crippen molar-refractivity contribution in [1.29, 1.82) is 0 Å². The monoisotopic (exact) mass is 477 g/mol. The van der Waals surface area contributed by atoms with Gasteiger partial charge in [-0.15, -0.1) is 0 Å². The van der Waals surface area contributed by atoms with Crippen LogP contribution < -0.4 is 16.0 Å². The average molecular weight is 478 g/mol. The summed E-state index contributed by atoms with van der Waals surface area (Å²) < 4.78 is 5.49. The second kappa shape index (κ2) is 10.1. The van der Waals surface area contributed by atoms with Gasteiger partial charge in [0.2, 0.25) is 5.78 Å². The Morgan fingerprint density at radius 1 is 1.09 bits per heavy atom.